The normalized spacial score (nSPS) is 16.4. The molecular formula is C20H26N2O3S2. The van der Waals surface area contributed by atoms with Crippen molar-refractivity contribution in [1.29, 1.82) is 0 Å². The molecule has 0 radical (unpaired) electrons. The van der Waals surface area contributed by atoms with Crippen molar-refractivity contribution < 1.29 is 13.2 Å². The second-order valence-corrected chi connectivity index (χ2v) is 9.41. The highest BCUT2D eigenvalue weighted by molar-refractivity contribution is 7.98. The third-order valence-electron chi connectivity index (χ3n) is 4.73. The van der Waals surface area contributed by atoms with Gasteiger partial charge in [0, 0.05) is 24.5 Å². The van der Waals surface area contributed by atoms with Crippen molar-refractivity contribution in [2.24, 2.45) is 0 Å². The van der Waals surface area contributed by atoms with Crippen LogP contribution in [0.1, 0.15) is 18.4 Å². The average Bonchev–Trinajstić information content (AvgIpc) is 2.69. The molecule has 0 spiro atoms. The summed E-state index contributed by atoms with van der Waals surface area (Å²) in [5.74, 6) is 0.837. The maximum Gasteiger partial charge on any atom is 0.240 e. The van der Waals surface area contributed by atoms with Crippen LogP contribution in [0.25, 0.3) is 0 Å². The monoisotopic (exact) mass is 406 g/mol. The summed E-state index contributed by atoms with van der Waals surface area (Å²) in [5, 5.41) is 0. The molecule has 2 aromatic carbocycles. The van der Waals surface area contributed by atoms with Crippen LogP contribution >= 0.6 is 11.8 Å². The first-order valence-electron chi connectivity index (χ1n) is 9.04. The Morgan fingerprint density at radius 2 is 1.70 bits per heavy atom. The maximum atomic E-state index is 12.4. The molecule has 1 N–H and O–H groups in total. The minimum Gasteiger partial charge on any atom is -0.490 e. The molecule has 5 nitrogen and oxygen atoms in total. The van der Waals surface area contributed by atoms with E-state index in [1.54, 1.807) is 23.9 Å². The van der Waals surface area contributed by atoms with Crippen molar-refractivity contribution in [1.82, 2.24) is 9.62 Å². The van der Waals surface area contributed by atoms with Gasteiger partial charge in [0.1, 0.15) is 11.9 Å². The molecule has 7 heteroatoms. The molecule has 0 unspecified atom stereocenters. The average molecular weight is 407 g/mol. The largest absolute Gasteiger partial charge is 0.490 e. The Bertz CT molecular complexity index is 829. The summed E-state index contributed by atoms with van der Waals surface area (Å²) in [6.45, 7) is 2.37. The Morgan fingerprint density at radius 3 is 2.30 bits per heavy atom. The molecule has 1 fully saturated rings. The van der Waals surface area contributed by atoms with Crippen molar-refractivity contribution in [2.45, 2.75) is 35.3 Å². The number of hydrogen-bond donors (Lipinski definition) is 1. The van der Waals surface area contributed by atoms with E-state index in [0.29, 0.717) is 0 Å². The topological polar surface area (TPSA) is 58.6 Å². The third-order valence-corrected chi connectivity index (χ3v) is 6.89. The van der Waals surface area contributed by atoms with Gasteiger partial charge in [-0.3, -0.25) is 0 Å². The number of rotatable bonds is 7. The van der Waals surface area contributed by atoms with Crippen molar-refractivity contribution in [3.63, 3.8) is 0 Å². The molecule has 0 saturated carbocycles. The smallest absolute Gasteiger partial charge is 0.240 e. The second-order valence-electron chi connectivity index (χ2n) is 6.76. The Balaban J connectivity index is 1.54. The molecule has 0 amide bonds. The standard InChI is InChI=1S/C20H26N2O3S2/c1-22-13-11-18(12-14-22)25-17-5-3-16(4-6-17)15-21-27(23,24)20-9-7-19(26-2)8-10-20/h3-10,18,21H,11-15H2,1-2H3. The zero-order chi connectivity index (χ0) is 19.3. The van der Waals surface area contributed by atoms with Crippen molar-refractivity contribution in [3.8, 4) is 5.75 Å². The first-order valence-corrected chi connectivity index (χ1v) is 11.7. The fourth-order valence-electron chi connectivity index (χ4n) is 3.00. The quantitative estimate of drug-likeness (QED) is 0.715. The van der Waals surface area contributed by atoms with Crippen molar-refractivity contribution >= 4 is 21.8 Å². The van der Waals surface area contributed by atoms with Gasteiger partial charge < -0.3 is 9.64 Å². The number of benzene rings is 2. The molecule has 0 atom stereocenters. The van der Waals surface area contributed by atoms with E-state index >= 15 is 0 Å². The zero-order valence-electron chi connectivity index (χ0n) is 15.7. The molecule has 1 heterocycles. The zero-order valence-corrected chi connectivity index (χ0v) is 17.4. The number of hydrogen-bond acceptors (Lipinski definition) is 5. The Morgan fingerprint density at radius 1 is 1.07 bits per heavy atom. The van der Waals surface area contributed by atoms with Crippen LogP contribution in [0.3, 0.4) is 0 Å². The van der Waals surface area contributed by atoms with Gasteiger partial charge in [-0.1, -0.05) is 12.1 Å². The molecular weight excluding hydrogens is 380 g/mol. The van der Waals surface area contributed by atoms with Gasteiger partial charge in [0.15, 0.2) is 0 Å². The highest BCUT2D eigenvalue weighted by Crippen LogP contribution is 2.20. The maximum absolute atomic E-state index is 12.4. The summed E-state index contributed by atoms with van der Waals surface area (Å²) in [6, 6.07) is 14.5. The van der Waals surface area contributed by atoms with Gasteiger partial charge in [-0.15, -0.1) is 11.8 Å². The van der Waals surface area contributed by atoms with Gasteiger partial charge in [-0.05, 0) is 68.1 Å². The van der Waals surface area contributed by atoms with Crippen LogP contribution in [-0.2, 0) is 16.6 Å². The number of nitrogens with zero attached hydrogens (tertiary/aromatic N) is 1. The lowest BCUT2D eigenvalue weighted by Crippen LogP contribution is -2.35. The number of likely N-dealkylation sites (tertiary alicyclic amines) is 1. The van der Waals surface area contributed by atoms with Crippen LogP contribution in [0.15, 0.2) is 58.3 Å². The van der Waals surface area contributed by atoms with Gasteiger partial charge in [-0.2, -0.15) is 0 Å². The summed E-state index contributed by atoms with van der Waals surface area (Å²) < 4.78 is 33.5. The number of ether oxygens (including phenoxy) is 1. The van der Waals surface area contributed by atoms with E-state index < -0.39 is 10.0 Å². The van der Waals surface area contributed by atoms with Gasteiger partial charge in [0.2, 0.25) is 10.0 Å². The van der Waals surface area contributed by atoms with Gasteiger partial charge in [-0.25, -0.2) is 13.1 Å². The van der Waals surface area contributed by atoms with E-state index in [1.807, 2.05) is 42.7 Å². The first-order chi connectivity index (χ1) is 13.0. The van der Waals surface area contributed by atoms with E-state index in [4.69, 9.17) is 4.74 Å². The van der Waals surface area contributed by atoms with Gasteiger partial charge in [0.25, 0.3) is 0 Å². The van der Waals surface area contributed by atoms with E-state index in [-0.39, 0.29) is 17.5 Å². The molecule has 0 bridgehead atoms. The Hall–Kier alpha value is -1.54. The number of nitrogens with one attached hydrogen (secondary N) is 1. The molecule has 1 aliphatic heterocycles. The van der Waals surface area contributed by atoms with Crippen LogP contribution in [0.2, 0.25) is 0 Å². The predicted octanol–water partition coefficient (Wildman–Crippen LogP) is 3.36. The van der Waals surface area contributed by atoms with E-state index in [9.17, 15) is 8.42 Å². The molecule has 27 heavy (non-hydrogen) atoms. The Kier molecular flexibility index (Phi) is 6.81. The Labute approximate surface area is 166 Å². The minimum absolute atomic E-state index is 0.251. The van der Waals surface area contributed by atoms with Crippen molar-refractivity contribution in [2.75, 3.05) is 26.4 Å². The second kappa shape index (κ2) is 9.10. The molecule has 1 saturated heterocycles. The summed E-state index contributed by atoms with van der Waals surface area (Å²) in [6.07, 6.45) is 4.29. The minimum atomic E-state index is -3.52. The van der Waals surface area contributed by atoms with Crippen LogP contribution in [0, 0.1) is 0 Å². The first kappa shape index (κ1) is 20.2. The highest BCUT2D eigenvalue weighted by Gasteiger charge is 2.18. The molecule has 0 aliphatic carbocycles. The van der Waals surface area contributed by atoms with Crippen LogP contribution in [0.5, 0.6) is 5.75 Å². The highest BCUT2D eigenvalue weighted by atomic mass is 32.2. The summed E-state index contributed by atoms with van der Waals surface area (Å²) in [7, 11) is -1.39. The summed E-state index contributed by atoms with van der Waals surface area (Å²) >= 11 is 1.58. The van der Waals surface area contributed by atoms with Crippen LogP contribution in [0.4, 0.5) is 0 Å². The van der Waals surface area contributed by atoms with Gasteiger partial charge in [0.05, 0.1) is 4.90 Å². The molecule has 146 valence electrons. The fraction of sp³-hybridized carbons (Fsp3) is 0.400. The number of sulfonamides is 1. The van der Waals surface area contributed by atoms with E-state index in [0.717, 1.165) is 42.1 Å². The SMILES string of the molecule is CSc1ccc(S(=O)(=O)NCc2ccc(OC3CCN(C)CC3)cc2)cc1. The lowest BCUT2D eigenvalue weighted by molar-refractivity contribution is 0.114. The lowest BCUT2D eigenvalue weighted by Gasteiger charge is -2.29. The molecule has 3 rings (SSSR count). The summed E-state index contributed by atoms with van der Waals surface area (Å²) in [5.41, 5.74) is 0.898. The predicted molar refractivity (Wildman–Crippen MR) is 110 cm³/mol. The van der Waals surface area contributed by atoms with Gasteiger partial charge >= 0.3 is 0 Å². The van der Waals surface area contributed by atoms with E-state index in [2.05, 4.69) is 16.7 Å². The summed E-state index contributed by atoms with van der Waals surface area (Å²) in [4.78, 5) is 3.63. The number of thioether (sulfide) groups is 1. The molecule has 2 aromatic rings. The fourth-order valence-corrected chi connectivity index (χ4v) is 4.42. The third kappa shape index (κ3) is 5.72. The van der Waals surface area contributed by atoms with Crippen molar-refractivity contribution in [3.05, 3.63) is 54.1 Å². The lowest BCUT2D eigenvalue weighted by atomic mass is 10.1. The molecule has 0 aromatic heterocycles. The number of piperidine rings is 1. The molecule has 1 aliphatic rings. The van der Waals surface area contributed by atoms with E-state index in [1.165, 1.54) is 0 Å². The van der Waals surface area contributed by atoms with Crippen LogP contribution in [-0.4, -0.2) is 45.8 Å². The van der Waals surface area contributed by atoms with Crippen LogP contribution < -0.4 is 9.46 Å².